The Bertz CT molecular complexity index is 571. The second kappa shape index (κ2) is 7.49. The average Bonchev–Trinajstić information content (AvgIpc) is 2.41. The minimum absolute atomic E-state index is 0.0526. The lowest BCUT2D eigenvalue weighted by molar-refractivity contribution is -0.138. The highest BCUT2D eigenvalue weighted by molar-refractivity contribution is 6.24. The second-order valence-corrected chi connectivity index (χ2v) is 4.26. The molecule has 0 bridgehead atoms. The van der Waals surface area contributed by atoms with Gasteiger partial charge in [0.05, 0.1) is 12.2 Å². The van der Waals surface area contributed by atoms with Crippen LogP contribution in [0.5, 0.6) is 0 Å². The Morgan fingerprint density at radius 1 is 1.33 bits per heavy atom. The molecular weight excluding hydrogens is 282 g/mol. The van der Waals surface area contributed by atoms with Gasteiger partial charge in [-0.25, -0.2) is 18.6 Å². The molecule has 0 atom stereocenters. The van der Waals surface area contributed by atoms with Crippen LogP contribution in [-0.2, 0) is 9.53 Å². The third-order valence-electron chi connectivity index (χ3n) is 2.38. The summed E-state index contributed by atoms with van der Waals surface area (Å²) in [5, 5.41) is 1.47. The van der Waals surface area contributed by atoms with Crippen LogP contribution in [0, 0.1) is 11.6 Å². The van der Waals surface area contributed by atoms with Crippen LogP contribution in [-0.4, -0.2) is 37.5 Å². The Labute approximate surface area is 121 Å². The number of ether oxygens (including phenoxy) is 1. The van der Waals surface area contributed by atoms with Crippen LogP contribution >= 0.6 is 0 Å². The maximum atomic E-state index is 13.6. The van der Waals surface area contributed by atoms with Crippen molar-refractivity contribution in [3.05, 3.63) is 47.2 Å². The maximum Gasteiger partial charge on any atom is 0.343 e. The summed E-state index contributed by atoms with van der Waals surface area (Å²) in [6.07, 6.45) is 1.09. The number of hydrazine groups is 1. The molecule has 5 nitrogen and oxygen atoms in total. The summed E-state index contributed by atoms with van der Waals surface area (Å²) in [6, 6.07) is 2.45. The fraction of sp³-hybridized carbons (Fsp3) is 0.286. The van der Waals surface area contributed by atoms with Crippen molar-refractivity contribution in [3.8, 4) is 0 Å². The molecule has 114 valence electrons. The first kappa shape index (κ1) is 16.8. The number of benzene rings is 1. The molecule has 1 aromatic rings. The van der Waals surface area contributed by atoms with Gasteiger partial charge in [-0.1, -0.05) is 0 Å². The Morgan fingerprint density at radius 2 is 2.00 bits per heavy atom. The van der Waals surface area contributed by atoms with E-state index in [9.17, 15) is 18.4 Å². The first-order chi connectivity index (χ1) is 9.86. The normalized spacial score (nSPS) is 11.4. The average molecular weight is 298 g/mol. The Balaban J connectivity index is 3.18. The van der Waals surface area contributed by atoms with Gasteiger partial charge < -0.3 is 10.2 Å². The summed E-state index contributed by atoms with van der Waals surface area (Å²) in [5.74, 6) is -3.56. The third kappa shape index (κ3) is 4.64. The van der Waals surface area contributed by atoms with Crippen molar-refractivity contribution in [2.24, 2.45) is 0 Å². The van der Waals surface area contributed by atoms with Crippen LogP contribution in [0.25, 0.3) is 0 Å². The molecule has 21 heavy (non-hydrogen) atoms. The zero-order chi connectivity index (χ0) is 16.0. The molecule has 0 aliphatic heterocycles. The molecule has 1 N–H and O–H groups in total. The van der Waals surface area contributed by atoms with Crippen LogP contribution in [0.2, 0.25) is 0 Å². The fourth-order valence-electron chi connectivity index (χ4n) is 1.44. The predicted molar refractivity (Wildman–Crippen MR) is 72.2 cm³/mol. The van der Waals surface area contributed by atoms with Gasteiger partial charge in [-0.3, -0.25) is 4.79 Å². The molecule has 1 aromatic carbocycles. The number of carbonyl (C=O) groups is 2. The summed E-state index contributed by atoms with van der Waals surface area (Å²) in [6.45, 7) is 1.62. The van der Waals surface area contributed by atoms with E-state index in [2.05, 4.69) is 5.43 Å². The lowest BCUT2D eigenvalue weighted by atomic mass is 10.0. The van der Waals surface area contributed by atoms with Crippen molar-refractivity contribution >= 4 is 11.8 Å². The highest BCUT2D eigenvalue weighted by Crippen LogP contribution is 2.15. The number of nitrogens with one attached hydrogen (secondary N) is 1. The molecule has 0 saturated heterocycles. The molecule has 0 fully saturated rings. The van der Waals surface area contributed by atoms with E-state index in [1.165, 1.54) is 5.01 Å². The van der Waals surface area contributed by atoms with Gasteiger partial charge in [-0.15, -0.1) is 0 Å². The van der Waals surface area contributed by atoms with E-state index in [4.69, 9.17) is 4.74 Å². The van der Waals surface area contributed by atoms with Crippen LogP contribution in [0.4, 0.5) is 8.78 Å². The van der Waals surface area contributed by atoms with Gasteiger partial charge >= 0.3 is 5.97 Å². The summed E-state index contributed by atoms with van der Waals surface area (Å²) in [5.41, 5.74) is 1.65. The van der Waals surface area contributed by atoms with Gasteiger partial charge in [-0.05, 0) is 25.1 Å². The van der Waals surface area contributed by atoms with Crippen LogP contribution < -0.4 is 5.43 Å². The molecule has 0 radical (unpaired) electrons. The lowest BCUT2D eigenvalue weighted by Crippen LogP contribution is -2.28. The van der Waals surface area contributed by atoms with Crippen molar-refractivity contribution in [2.75, 3.05) is 20.7 Å². The molecule has 1 rings (SSSR count). The molecule has 0 amide bonds. The minimum atomic E-state index is -0.959. The molecule has 0 aliphatic carbocycles. The van der Waals surface area contributed by atoms with E-state index in [0.717, 1.165) is 24.4 Å². The Hall–Kier alpha value is -2.28. The molecule has 0 saturated carbocycles. The molecule has 0 unspecified atom stereocenters. The van der Waals surface area contributed by atoms with E-state index < -0.39 is 34.5 Å². The van der Waals surface area contributed by atoms with Crippen LogP contribution in [0.1, 0.15) is 17.3 Å². The summed E-state index contributed by atoms with van der Waals surface area (Å²) in [7, 11) is 3.26. The van der Waals surface area contributed by atoms with Crippen molar-refractivity contribution < 1.29 is 23.1 Å². The Kier molecular flexibility index (Phi) is 5.98. The quantitative estimate of drug-likeness (QED) is 0.216. The number of halogens is 2. The van der Waals surface area contributed by atoms with Gasteiger partial charge in [0.15, 0.2) is 0 Å². The summed E-state index contributed by atoms with van der Waals surface area (Å²) >= 11 is 0. The number of esters is 1. The number of hydrogen-bond donors (Lipinski definition) is 1. The van der Waals surface area contributed by atoms with Crippen molar-refractivity contribution in [1.82, 2.24) is 10.4 Å². The Morgan fingerprint density at radius 3 is 2.57 bits per heavy atom. The fourth-order valence-corrected chi connectivity index (χ4v) is 1.44. The molecular formula is C14H16F2N2O3. The van der Waals surface area contributed by atoms with E-state index in [-0.39, 0.29) is 6.61 Å². The van der Waals surface area contributed by atoms with Crippen LogP contribution in [0.3, 0.4) is 0 Å². The molecule has 0 heterocycles. The van der Waals surface area contributed by atoms with Gasteiger partial charge in [0, 0.05) is 20.3 Å². The molecule has 0 aliphatic rings. The number of hydrogen-bond acceptors (Lipinski definition) is 5. The van der Waals surface area contributed by atoms with E-state index >= 15 is 0 Å². The standard InChI is InChI=1S/C14H16F2N2O3/c1-4-21-14(20)11(8-17-18(2)3)13(19)10-7-9(15)5-6-12(10)16/h5-8,17H,4H2,1-3H3/b11-8-. The van der Waals surface area contributed by atoms with Gasteiger partial charge in [0.25, 0.3) is 0 Å². The molecule has 0 aromatic heterocycles. The predicted octanol–water partition coefficient (Wildman–Crippen LogP) is 1.66. The topological polar surface area (TPSA) is 58.6 Å². The zero-order valence-electron chi connectivity index (χ0n) is 11.9. The van der Waals surface area contributed by atoms with Crippen molar-refractivity contribution in [1.29, 1.82) is 0 Å². The first-order valence-corrected chi connectivity index (χ1v) is 6.17. The number of carbonyl (C=O) groups excluding carboxylic acids is 2. The number of Topliss-reactive ketones (excluding diaryl/α,β-unsaturated/α-hetero) is 1. The van der Waals surface area contributed by atoms with Crippen molar-refractivity contribution in [3.63, 3.8) is 0 Å². The number of nitrogens with zero attached hydrogens (tertiary/aromatic N) is 1. The lowest BCUT2D eigenvalue weighted by Gasteiger charge is -2.12. The van der Waals surface area contributed by atoms with Gasteiger partial charge in [0.1, 0.15) is 17.2 Å². The third-order valence-corrected chi connectivity index (χ3v) is 2.38. The SMILES string of the molecule is CCOC(=O)/C(=C\NN(C)C)C(=O)c1cc(F)ccc1F. The highest BCUT2D eigenvalue weighted by Gasteiger charge is 2.24. The van der Waals surface area contributed by atoms with E-state index in [0.29, 0.717) is 0 Å². The zero-order valence-corrected chi connectivity index (χ0v) is 11.9. The van der Waals surface area contributed by atoms with Gasteiger partial charge in [0.2, 0.25) is 5.78 Å². The maximum absolute atomic E-state index is 13.6. The molecule has 0 spiro atoms. The monoisotopic (exact) mass is 298 g/mol. The van der Waals surface area contributed by atoms with E-state index in [1.807, 2.05) is 0 Å². The van der Waals surface area contributed by atoms with E-state index in [1.54, 1.807) is 21.0 Å². The van der Waals surface area contributed by atoms with Crippen LogP contribution in [0.15, 0.2) is 30.0 Å². The summed E-state index contributed by atoms with van der Waals surface area (Å²) in [4.78, 5) is 24.0. The molecule has 7 heteroatoms. The number of ketones is 1. The second-order valence-electron chi connectivity index (χ2n) is 4.26. The van der Waals surface area contributed by atoms with Gasteiger partial charge in [-0.2, -0.15) is 0 Å². The minimum Gasteiger partial charge on any atom is -0.462 e. The largest absolute Gasteiger partial charge is 0.462 e. The highest BCUT2D eigenvalue weighted by atomic mass is 19.1. The van der Waals surface area contributed by atoms with Crippen molar-refractivity contribution in [2.45, 2.75) is 6.92 Å². The summed E-state index contributed by atoms with van der Waals surface area (Å²) < 4.78 is 31.5. The first-order valence-electron chi connectivity index (χ1n) is 6.17. The smallest absolute Gasteiger partial charge is 0.343 e. The number of rotatable bonds is 6.